The quantitative estimate of drug-likeness (QED) is 0.590. The molecule has 28 heavy (non-hydrogen) atoms. The van der Waals surface area contributed by atoms with Gasteiger partial charge in [-0.1, -0.05) is 19.8 Å². The number of thiophene rings is 1. The number of carbonyl (C=O) groups excluding carboxylic acids is 4. The second kappa shape index (κ2) is 7.54. The molecule has 2 atom stereocenters. The fourth-order valence-electron chi connectivity index (χ4n) is 4.01. The number of urea groups is 1. The van der Waals surface area contributed by atoms with E-state index in [1.807, 2.05) is 13.8 Å². The van der Waals surface area contributed by atoms with Crippen LogP contribution in [0.5, 0.6) is 0 Å². The van der Waals surface area contributed by atoms with Crippen LogP contribution in [-0.4, -0.2) is 47.9 Å². The maximum absolute atomic E-state index is 13.0. The summed E-state index contributed by atoms with van der Waals surface area (Å²) in [7, 11) is 1.28. The van der Waals surface area contributed by atoms with Crippen LogP contribution in [0.2, 0.25) is 0 Å². The van der Waals surface area contributed by atoms with Crippen LogP contribution in [0.1, 0.15) is 53.4 Å². The molecule has 3 rings (SSSR count). The van der Waals surface area contributed by atoms with Gasteiger partial charge in [-0.05, 0) is 38.2 Å². The van der Waals surface area contributed by atoms with E-state index in [0.29, 0.717) is 17.0 Å². The topological polar surface area (TPSA) is 105 Å². The molecule has 0 bridgehead atoms. The van der Waals surface area contributed by atoms with Crippen LogP contribution in [0.25, 0.3) is 0 Å². The van der Waals surface area contributed by atoms with Gasteiger partial charge in [-0.2, -0.15) is 0 Å². The van der Waals surface area contributed by atoms with Crippen molar-refractivity contribution >= 4 is 40.2 Å². The highest BCUT2D eigenvalue weighted by Gasteiger charge is 2.55. The van der Waals surface area contributed by atoms with Crippen LogP contribution in [0, 0.1) is 19.8 Å². The molecule has 1 saturated carbocycles. The van der Waals surface area contributed by atoms with E-state index in [1.165, 1.54) is 18.4 Å². The molecule has 8 nitrogen and oxygen atoms in total. The molecule has 0 unspecified atom stereocenters. The first-order valence-electron chi connectivity index (χ1n) is 9.33. The number of nitrogens with zero attached hydrogens (tertiary/aromatic N) is 1. The molecule has 1 saturated heterocycles. The monoisotopic (exact) mass is 407 g/mol. The highest BCUT2D eigenvalue weighted by molar-refractivity contribution is 7.16. The lowest BCUT2D eigenvalue weighted by atomic mass is 9.73. The third-order valence-electron chi connectivity index (χ3n) is 5.83. The van der Waals surface area contributed by atoms with Crippen molar-refractivity contribution in [3.8, 4) is 0 Å². The van der Waals surface area contributed by atoms with Gasteiger partial charge in [-0.3, -0.25) is 14.5 Å². The zero-order valence-electron chi connectivity index (χ0n) is 16.5. The summed E-state index contributed by atoms with van der Waals surface area (Å²) in [5.74, 6) is -1.39. The van der Waals surface area contributed by atoms with Crippen molar-refractivity contribution in [1.29, 1.82) is 0 Å². The Hall–Kier alpha value is -2.42. The Morgan fingerprint density at radius 1 is 1.32 bits per heavy atom. The molecule has 2 fully saturated rings. The molecule has 2 heterocycles. The van der Waals surface area contributed by atoms with E-state index in [4.69, 9.17) is 4.74 Å². The van der Waals surface area contributed by atoms with Gasteiger partial charge in [0.25, 0.3) is 5.91 Å². The van der Waals surface area contributed by atoms with Crippen LogP contribution in [-0.2, 0) is 14.3 Å². The van der Waals surface area contributed by atoms with Crippen LogP contribution in [0.15, 0.2) is 0 Å². The number of nitrogens with one attached hydrogen (secondary N) is 2. The van der Waals surface area contributed by atoms with Crippen molar-refractivity contribution in [3.63, 3.8) is 0 Å². The summed E-state index contributed by atoms with van der Waals surface area (Å²) < 4.78 is 4.79. The third-order valence-corrected chi connectivity index (χ3v) is 6.95. The molecule has 2 N–H and O–H groups in total. The zero-order chi connectivity index (χ0) is 20.6. The van der Waals surface area contributed by atoms with Crippen molar-refractivity contribution in [1.82, 2.24) is 10.2 Å². The van der Waals surface area contributed by atoms with E-state index in [1.54, 1.807) is 6.92 Å². The summed E-state index contributed by atoms with van der Waals surface area (Å²) in [5.41, 5.74) is 0.133. The SMILES string of the molecule is COC(=O)c1c(NC(=O)CN2C(=O)N[C@@]3(CCCC[C@H]3C)C2=O)sc(C)c1C. The summed E-state index contributed by atoms with van der Waals surface area (Å²) in [6.45, 7) is 5.18. The minimum absolute atomic E-state index is 0.0271. The summed E-state index contributed by atoms with van der Waals surface area (Å²) >= 11 is 1.26. The molecule has 1 aromatic rings. The lowest BCUT2D eigenvalue weighted by Crippen LogP contribution is -2.54. The maximum atomic E-state index is 13.0. The van der Waals surface area contributed by atoms with Crippen LogP contribution >= 0.6 is 11.3 Å². The number of carbonyl (C=O) groups is 4. The number of imide groups is 1. The van der Waals surface area contributed by atoms with Crippen molar-refractivity contribution in [2.45, 2.75) is 52.0 Å². The van der Waals surface area contributed by atoms with Crippen LogP contribution in [0.4, 0.5) is 9.80 Å². The molecule has 1 aromatic heterocycles. The van der Waals surface area contributed by atoms with Gasteiger partial charge in [0.15, 0.2) is 0 Å². The van der Waals surface area contributed by atoms with Crippen LogP contribution in [0.3, 0.4) is 0 Å². The fraction of sp³-hybridized carbons (Fsp3) is 0.579. The Kier molecular flexibility index (Phi) is 5.47. The molecule has 9 heteroatoms. The Bertz CT molecular complexity index is 849. The average Bonchev–Trinajstić information content (AvgIpc) is 3.05. The first kappa shape index (κ1) is 20.3. The molecular weight excluding hydrogens is 382 g/mol. The number of hydrogen-bond acceptors (Lipinski definition) is 6. The van der Waals surface area contributed by atoms with E-state index in [0.717, 1.165) is 34.6 Å². The average molecular weight is 407 g/mol. The number of anilines is 1. The highest BCUT2D eigenvalue weighted by Crippen LogP contribution is 2.38. The molecule has 0 aromatic carbocycles. The van der Waals surface area contributed by atoms with E-state index < -0.39 is 30.0 Å². The molecule has 1 aliphatic carbocycles. The lowest BCUT2D eigenvalue weighted by molar-refractivity contribution is -0.136. The largest absolute Gasteiger partial charge is 0.465 e. The smallest absolute Gasteiger partial charge is 0.341 e. The molecule has 1 aliphatic heterocycles. The van der Waals surface area contributed by atoms with Gasteiger partial charge < -0.3 is 15.4 Å². The predicted octanol–water partition coefficient (Wildman–Crippen LogP) is 2.59. The van der Waals surface area contributed by atoms with E-state index in [9.17, 15) is 19.2 Å². The van der Waals surface area contributed by atoms with Gasteiger partial charge in [0.1, 0.15) is 17.1 Å². The molecule has 0 radical (unpaired) electrons. The predicted molar refractivity (Wildman–Crippen MR) is 104 cm³/mol. The molecule has 1 spiro atoms. The minimum Gasteiger partial charge on any atom is -0.465 e. The first-order chi connectivity index (χ1) is 13.2. The number of rotatable bonds is 4. The highest BCUT2D eigenvalue weighted by atomic mass is 32.1. The summed E-state index contributed by atoms with van der Waals surface area (Å²) in [4.78, 5) is 51.8. The molecule has 152 valence electrons. The standard InChI is InChI=1S/C19H25N3O5S/c1-10-7-5-6-8-19(10)17(25)22(18(26)21-19)9-13(23)20-15-14(16(24)27-4)11(2)12(3)28-15/h10H,5-9H2,1-4H3,(H,20,23)(H,21,26)/t10-,19-/m1/s1. The Morgan fingerprint density at radius 3 is 2.68 bits per heavy atom. The second-order valence-corrected chi connectivity index (χ2v) is 8.69. The van der Waals surface area contributed by atoms with E-state index >= 15 is 0 Å². The molecular formula is C19H25N3O5S. The normalized spacial score (nSPS) is 24.4. The number of amides is 4. The van der Waals surface area contributed by atoms with Gasteiger partial charge >= 0.3 is 12.0 Å². The van der Waals surface area contributed by atoms with Gasteiger partial charge in [0.05, 0.1) is 12.7 Å². The second-order valence-electron chi connectivity index (χ2n) is 7.47. The summed E-state index contributed by atoms with van der Waals surface area (Å²) in [5, 5.41) is 5.85. The number of ether oxygens (including phenoxy) is 1. The number of methoxy groups -OCH3 is 1. The lowest BCUT2D eigenvalue weighted by Gasteiger charge is -2.36. The third kappa shape index (κ3) is 3.28. The Labute approximate surface area is 167 Å². The van der Waals surface area contributed by atoms with Crippen LogP contribution < -0.4 is 10.6 Å². The summed E-state index contributed by atoms with van der Waals surface area (Å²) in [6, 6.07) is -0.541. The Balaban J connectivity index is 1.76. The van der Waals surface area contributed by atoms with Gasteiger partial charge in [0.2, 0.25) is 5.91 Å². The fourth-order valence-corrected chi connectivity index (χ4v) is 5.08. The van der Waals surface area contributed by atoms with Crippen molar-refractivity contribution < 1.29 is 23.9 Å². The van der Waals surface area contributed by atoms with Gasteiger partial charge in [-0.25, -0.2) is 9.59 Å². The minimum atomic E-state index is -0.900. The van der Waals surface area contributed by atoms with Crippen molar-refractivity contribution in [3.05, 3.63) is 16.0 Å². The van der Waals surface area contributed by atoms with Crippen molar-refractivity contribution in [2.75, 3.05) is 19.0 Å². The summed E-state index contributed by atoms with van der Waals surface area (Å²) in [6.07, 6.45) is 3.35. The molecule has 2 aliphatic rings. The molecule has 4 amide bonds. The van der Waals surface area contributed by atoms with E-state index in [-0.39, 0.29) is 11.8 Å². The number of esters is 1. The zero-order valence-corrected chi connectivity index (χ0v) is 17.3. The van der Waals surface area contributed by atoms with E-state index in [2.05, 4.69) is 10.6 Å². The number of hydrogen-bond donors (Lipinski definition) is 2. The van der Waals surface area contributed by atoms with Gasteiger partial charge in [0, 0.05) is 4.88 Å². The maximum Gasteiger partial charge on any atom is 0.341 e. The number of aryl methyl sites for hydroxylation is 1. The first-order valence-corrected chi connectivity index (χ1v) is 10.1. The van der Waals surface area contributed by atoms with Crippen molar-refractivity contribution in [2.24, 2.45) is 5.92 Å². The van der Waals surface area contributed by atoms with Gasteiger partial charge in [-0.15, -0.1) is 11.3 Å². The Morgan fingerprint density at radius 2 is 2.04 bits per heavy atom.